The van der Waals surface area contributed by atoms with Crippen molar-refractivity contribution in [2.24, 2.45) is 5.41 Å². The highest BCUT2D eigenvalue weighted by atomic mass is 19.4. The summed E-state index contributed by atoms with van der Waals surface area (Å²) in [5.74, 6) is 0. The molecule has 1 aliphatic heterocycles. The molecule has 1 heterocycles. The Labute approximate surface area is 172 Å². The first kappa shape index (κ1) is 23.0. The minimum atomic E-state index is -4.33. The van der Waals surface area contributed by atoms with E-state index < -0.39 is 11.7 Å². The van der Waals surface area contributed by atoms with Crippen LogP contribution in [0.3, 0.4) is 0 Å². The van der Waals surface area contributed by atoms with Crippen molar-refractivity contribution in [1.29, 1.82) is 5.26 Å². The van der Waals surface area contributed by atoms with Gasteiger partial charge in [0.25, 0.3) is 0 Å². The number of rotatable bonds is 4. The maximum atomic E-state index is 12.9. The predicted octanol–water partition coefficient (Wildman–Crippen LogP) is 6.91. The van der Waals surface area contributed by atoms with Gasteiger partial charge in [-0.05, 0) is 60.2 Å². The van der Waals surface area contributed by atoms with Crippen LogP contribution in [0, 0.1) is 16.7 Å². The third-order valence-electron chi connectivity index (χ3n) is 5.45. The molecule has 1 aliphatic rings. The van der Waals surface area contributed by atoms with Crippen LogP contribution in [0.25, 0.3) is 11.1 Å². The van der Waals surface area contributed by atoms with E-state index in [1.807, 2.05) is 38.1 Å². The van der Waals surface area contributed by atoms with E-state index in [4.69, 9.17) is 5.26 Å². The van der Waals surface area contributed by atoms with Crippen molar-refractivity contribution in [1.82, 2.24) is 4.90 Å². The molecule has 0 amide bonds. The fourth-order valence-corrected chi connectivity index (χ4v) is 3.55. The monoisotopic (exact) mass is 402 g/mol. The summed E-state index contributed by atoms with van der Waals surface area (Å²) >= 11 is 0. The second-order valence-corrected chi connectivity index (χ2v) is 7.70. The molecule has 0 N–H and O–H groups in total. The Morgan fingerprint density at radius 1 is 1.00 bits per heavy atom. The van der Waals surface area contributed by atoms with Crippen LogP contribution in [0.15, 0.2) is 48.5 Å². The Balaban J connectivity index is 0.00000145. The molecule has 0 atom stereocenters. The van der Waals surface area contributed by atoms with Gasteiger partial charge in [0, 0.05) is 13.0 Å². The van der Waals surface area contributed by atoms with Gasteiger partial charge in [-0.25, -0.2) is 0 Å². The quantitative estimate of drug-likeness (QED) is 0.555. The van der Waals surface area contributed by atoms with E-state index in [2.05, 4.69) is 17.9 Å². The Kier molecular flexibility index (Phi) is 7.87. The first-order valence-electron chi connectivity index (χ1n) is 10.1. The van der Waals surface area contributed by atoms with Crippen LogP contribution < -0.4 is 0 Å². The first-order chi connectivity index (χ1) is 13.8. The summed E-state index contributed by atoms with van der Waals surface area (Å²) in [6.07, 6.45) is -1.69. The van der Waals surface area contributed by atoms with Crippen LogP contribution >= 0.6 is 0 Å². The van der Waals surface area contributed by atoms with Crippen LogP contribution in [-0.2, 0) is 12.7 Å². The zero-order valence-corrected chi connectivity index (χ0v) is 17.4. The van der Waals surface area contributed by atoms with Gasteiger partial charge in [-0.1, -0.05) is 57.2 Å². The highest BCUT2D eigenvalue weighted by Crippen LogP contribution is 2.35. The zero-order chi connectivity index (χ0) is 21.5. The third kappa shape index (κ3) is 6.33. The molecular weight excluding hydrogens is 373 g/mol. The maximum absolute atomic E-state index is 12.9. The van der Waals surface area contributed by atoms with E-state index in [-0.39, 0.29) is 5.41 Å². The second kappa shape index (κ2) is 9.93. The lowest BCUT2D eigenvalue weighted by molar-refractivity contribution is -0.137. The van der Waals surface area contributed by atoms with E-state index in [9.17, 15) is 13.2 Å². The number of nitriles is 1. The second-order valence-electron chi connectivity index (χ2n) is 7.70. The molecule has 156 valence electrons. The molecule has 3 rings (SSSR count). The molecule has 1 fully saturated rings. The molecule has 2 nitrogen and oxygen atoms in total. The lowest BCUT2D eigenvalue weighted by Gasteiger charge is -2.38. The number of likely N-dealkylation sites (tertiary alicyclic amines) is 1. The summed E-state index contributed by atoms with van der Waals surface area (Å²) in [5, 5.41) is 8.94. The fourth-order valence-electron chi connectivity index (χ4n) is 3.55. The minimum absolute atomic E-state index is 0.124. The summed E-state index contributed by atoms with van der Waals surface area (Å²) in [4.78, 5) is 2.37. The highest BCUT2D eigenvalue weighted by molar-refractivity contribution is 5.64. The standard InChI is InChI=1S/C22H23F3N2.C2H6/c1-21(9-12-26)10-13-27(14-11-21)16-17-5-7-18(8-6-17)19-3-2-4-20(15-19)22(23,24)25;1-2/h2-8,15H,9-11,13-14,16H2,1H3;1-2H3. The average molecular weight is 403 g/mol. The molecule has 1 saturated heterocycles. The summed E-state index contributed by atoms with van der Waals surface area (Å²) in [6.45, 7) is 8.93. The van der Waals surface area contributed by atoms with Gasteiger partial charge < -0.3 is 0 Å². The molecular formula is C24H29F3N2. The molecule has 0 unspecified atom stereocenters. The summed E-state index contributed by atoms with van der Waals surface area (Å²) in [6, 6.07) is 15.4. The van der Waals surface area contributed by atoms with Crippen LogP contribution in [0.4, 0.5) is 13.2 Å². The Morgan fingerprint density at radius 2 is 1.62 bits per heavy atom. The number of alkyl halides is 3. The molecule has 0 bridgehead atoms. The van der Waals surface area contributed by atoms with Gasteiger partial charge in [0.2, 0.25) is 0 Å². The lowest BCUT2D eigenvalue weighted by atomic mass is 9.78. The van der Waals surface area contributed by atoms with E-state index in [1.54, 1.807) is 6.07 Å². The van der Waals surface area contributed by atoms with Gasteiger partial charge in [-0.15, -0.1) is 0 Å². The fraction of sp³-hybridized carbons (Fsp3) is 0.458. The molecule has 0 radical (unpaired) electrons. The van der Waals surface area contributed by atoms with Crippen molar-refractivity contribution in [2.45, 2.75) is 52.8 Å². The van der Waals surface area contributed by atoms with Crippen molar-refractivity contribution < 1.29 is 13.2 Å². The van der Waals surface area contributed by atoms with Crippen LogP contribution in [-0.4, -0.2) is 18.0 Å². The zero-order valence-electron chi connectivity index (χ0n) is 17.4. The summed E-state index contributed by atoms with van der Waals surface area (Å²) in [5.41, 5.74) is 2.00. The van der Waals surface area contributed by atoms with E-state index in [0.717, 1.165) is 49.7 Å². The van der Waals surface area contributed by atoms with Gasteiger partial charge in [0.15, 0.2) is 0 Å². The van der Waals surface area contributed by atoms with Crippen LogP contribution in [0.2, 0.25) is 0 Å². The molecule has 2 aromatic carbocycles. The summed E-state index contributed by atoms with van der Waals surface area (Å²) in [7, 11) is 0. The predicted molar refractivity (Wildman–Crippen MR) is 111 cm³/mol. The normalized spacial score (nSPS) is 16.4. The van der Waals surface area contributed by atoms with Crippen molar-refractivity contribution in [3.63, 3.8) is 0 Å². The van der Waals surface area contributed by atoms with Crippen LogP contribution in [0.1, 0.15) is 51.2 Å². The largest absolute Gasteiger partial charge is 0.416 e. The molecule has 0 aliphatic carbocycles. The van der Waals surface area contributed by atoms with Crippen LogP contribution in [0.5, 0.6) is 0 Å². The highest BCUT2D eigenvalue weighted by Gasteiger charge is 2.31. The smallest absolute Gasteiger partial charge is 0.299 e. The SMILES string of the molecule is CC.CC1(CC#N)CCN(Cc2ccc(-c3cccc(C(F)(F)F)c3)cc2)CC1. The van der Waals surface area contributed by atoms with E-state index >= 15 is 0 Å². The van der Waals surface area contributed by atoms with Gasteiger partial charge in [-0.3, -0.25) is 4.90 Å². The van der Waals surface area contributed by atoms with Crippen molar-refractivity contribution >= 4 is 0 Å². The van der Waals surface area contributed by atoms with Gasteiger partial charge in [0.05, 0.1) is 11.6 Å². The number of benzene rings is 2. The average Bonchev–Trinajstić information content (AvgIpc) is 2.72. The number of hydrogen-bond acceptors (Lipinski definition) is 2. The van der Waals surface area contributed by atoms with Gasteiger partial charge in [-0.2, -0.15) is 18.4 Å². The maximum Gasteiger partial charge on any atom is 0.416 e. The topological polar surface area (TPSA) is 27.0 Å². The van der Waals surface area contributed by atoms with Gasteiger partial charge >= 0.3 is 6.18 Å². The third-order valence-corrected chi connectivity index (χ3v) is 5.45. The number of piperidine rings is 1. The lowest BCUT2D eigenvalue weighted by Crippen LogP contribution is -2.38. The molecule has 0 aromatic heterocycles. The molecule has 2 aromatic rings. The first-order valence-corrected chi connectivity index (χ1v) is 10.1. The molecule has 29 heavy (non-hydrogen) atoms. The van der Waals surface area contributed by atoms with Crippen molar-refractivity contribution in [3.05, 3.63) is 59.7 Å². The van der Waals surface area contributed by atoms with Gasteiger partial charge in [0.1, 0.15) is 0 Å². The minimum Gasteiger partial charge on any atom is -0.299 e. The Hall–Kier alpha value is -2.32. The molecule has 0 saturated carbocycles. The Bertz CT molecular complexity index is 811. The van der Waals surface area contributed by atoms with E-state index in [1.165, 1.54) is 12.1 Å². The molecule has 0 spiro atoms. The van der Waals surface area contributed by atoms with Crippen molar-refractivity contribution in [2.75, 3.05) is 13.1 Å². The number of hydrogen-bond donors (Lipinski definition) is 0. The number of nitrogens with zero attached hydrogens (tertiary/aromatic N) is 2. The van der Waals surface area contributed by atoms with E-state index in [0.29, 0.717) is 12.0 Å². The van der Waals surface area contributed by atoms with Crippen molar-refractivity contribution in [3.8, 4) is 17.2 Å². The summed E-state index contributed by atoms with van der Waals surface area (Å²) < 4.78 is 38.7. The molecule has 5 heteroatoms. The number of halogens is 3. The Morgan fingerprint density at radius 3 is 2.17 bits per heavy atom.